The largest absolute Gasteiger partial charge is 0.457 e. The number of aromatic nitrogens is 3. The first-order chi connectivity index (χ1) is 15.7. The van der Waals surface area contributed by atoms with Gasteiger partial charge in [-0.3, -0.25) is 10.1 Å². The van der Waals surface area contributed by atoms with Gasteiger partial charge in [-0.05, 0) is 45.0 Å². The second kappa shape index (κ2) is 8.16. The highest BCUT2D eigenvalue weighted by Gasteiger charge is 2.35. The molecule has 11 nitrogen and oxygen atoms in total. The Morgan fingerprint density at radius 1 is 1.24 bits per heavy atom. The van der Waals surface area contributed by atoms with Crippen molar-refractivity contribution in [3.8, 4) is 17.4 Å². The van der Waals surface area contributed by atoms with Crippen LogP contribution in [-0.4, -0.2) is 31.1 Å². The van der Waals surface area contributed by atoms with Crippen molar-refractivity contribution in [3.63, 3.8) is 0 Å². The van der Waals surface area contributed by atoms with Crippen molar-refractivity contribution < 1.29 is 9.34 Å². The van der Waals surface area contributed by atoms with Crippen LogP contribution in [0.1, 0.15) is 38.8 Å². The van der Waals surface area contributed by atoms with Crippen molar-refractivity contribution >= 4 is 34.9 Å². The topological polar surface area (TPSA) is 160 Å². The van der Waals surface area contributed by atoms with E-state index >= 15 is 0 Å². The normalized spacial score (nSPS) is 15.3. The Morgan fingerprint density at radius 2 is 1.97 bits per heavy atom. The predicted octanol–water partition coefficient (Wildman–Crippen LogP) is 4.05. The van der Waals surface area contributed by atoms with E-state index in [9.17, 15) is 15.4 Å². The molecule has 2 N–H and O–H groups in total. The number of nitro benzene ring substituents is 1. The highest BCUT2D eigenvalue weighted by atomic mass is 16.6. The molecule has 0 spiro atoms. The van der Waals surface area contributed by atoms with Gasteiger partial charge in [-0.1, -0.05) is 0 Å². The first-order valence-electron chi connectivity index (χ1n) is 9.99. The van der Waals surface area contributed by atoms with Crippen LogP contribution < -0.4 is 10.7 Å². The summed E-state index contributed by atoms with van der Waals surface area (Å²) in [5, 5.41) is 26.7. The minimum atomic E-state index is -0.468. The molecule has 0 bridgehead atoms. The van der Waals surface area contributed by atoms with Crippen LogP contribution >= 0.6 is 0 Å². The minimum absolute atomic E-state index is 0.0128. The number of benzene rings is 1. The van der Waals surface area contributed by atoms with Gasteiger partial charge in [0.25, 0.3) is 11.6 Å². The van der Waals surface area contributed by atoms with Crippen LogP contribution in [0.4, 0.5) is 17.6 Å². The van der Waals surface area contributed by atoms with E-state index in [1.165, 1.54) is 18.2 Å². The van der Waals surface area contributed by atoms with Gasteiger partial charge in [-0.15, -0.1) is 0 Å². The van der Waals surface area contributed by atoms with Gasteiger partial charge in [0.2, 0.25) is 5.95 Å². The first kappa shape index (κ1) is 21.6. The van der Waals surface area contributed by atoms with Gasteiger partial charge in [0.1, 0.15) is 23.2 Å². The molecule has 3 heterocycles. The van der Waals surface area contributed by atoms with Gasteiger partial charge in [-0.2, -0.15) is 25.3 Å². The molecular weight excluding hydrogens is 424 g/mol. The molecule has 0 fully saturated rings. The smallest absolute Gasteiger partial charge is 0.269 e. The van der Waals surface area contributed by atoms with E-state index in [2.05, 4.69) is 26.1 Å². The van der Waals surface area contributed by atoms with Gasteiger partial charge < -0.3 is 10.2 Å². The van der Waals surface area contributed by atoms with Crippen molar-refractivity contribution in [2.45, 2.75) is 32.7 Å². The van der Waals surface area contributed by atoms with E-state index in [4.69, 9.17) is 10.2 Å². The average molecular weight is 444 g/mol. The maximum absolute atomic E-state index is 10.8. The molecule has 3 aromatic rings. The van der Waals surface area contributed by atoms with E-state index in [1.807, 2.05) is 20.8 Å². The molecule has 1 aliphatic rings. The fourth-order valence-electron chi connectivity index (χ4n) is 3.58. The van der Waals surface area contributed by atoms with Crippen LogP contribution in [0.15, 0.2) is 45.9 Å². The molecule has 4 rings (SSSR count). The summed E-state index contributed by atoms with van der Waals surface area (Å²) in [6.07, 6.45) is 2.24. The lowest BCUT2D eigenvalue weighted by Gasteiger charge is -2.28. The molecule has 33 heavy (non-hydrogen) atoms. The summed E-state index contributed by atoms with van der Waals surface area (Å²) in [7, 11) is 0. The fraction of sp³-hybridized carbons (Fsp3) is 0.227. The highest BCUT2D eigenvalue weighted by Crippen LogP contribution is 2.31. The summed E-state index contributed by atoms with van der Waals surface area (Å²) in [5.74, 6) is 1.21. The maximum atomic E-state index is 10.8. The zero-order valence-electron chi connectivity index (χ0n) is 18.2. The molecule has 2 aromatic heterocycles. The molecule has 0 aliphatic carbocycles. The molecule has 0 saturated carbocycles. The van der Waals surface area contributed by atoms with Crippen molar-refractivity contribution in [1.82, 2.24) is 15.0 Å². The van der Waals surface area contributed by atoms with E-state index < -0.39 is 4.92 Å². The van der Waals surface area contributed by atoms with Crippen molar-refractivity contribution in [2.24, 2.45) is 5.10 Å². The number of hydrogen-bond acceptors (Lipinski definition) is 10. The number of nitrogens with two attached hydrogens (primary N) is 1. The Bertz CT molecular complexity index is 1330. The van der Waals surface area contributed by atoms with Crippen molar-refractivity contribution in [3.05, 3.63) is 58.1 Å². The lowest BCUT2D eigenvalue weighted by Crippen LogP contribution is -2.37. The molecule has 1 aromatic carbocycles. The highest BCUT2D eigenvalue weighted by molar-refractivity contribution is 5.88. The standard InChI is InChI=1S/C22H20N8O3/c1-13-11-22(2,3)29(28-13)21-26-19(25-20(24)27-21)15(12-23)10-17-8-9-18(33-17)14-4-6-16(7-5-14)30(31)32/h4-10H,11H2,1-3H3,(H2,24,25,26,27)/b15-10-. The number of furan rings is 1. The Labute approximate surface area is 189 Å². The van der Waals surface area contributed by atoms with Gasteiger partial charge in [-0.25, -0.2) is 5.01 Å². The van der Waals surface area contributed by atoms with Crippen LogP contribution in [0.3, 0.4) is 0 Å². The number of non-ortho nitro benzene ring substituents is 1. The third kappa shape index (κ3) is 4.40. The van der Waals surface area contributed by atoms with Crippen LogP contribution in [0.2, 0.25) is 0 Å². The number of nitrogens with zero attached hydrogens (tertiary/aromatic N) is 7. The second-order valence-corrected chi connectivity index (χ2v) is 8.13. The molecule has 0 atom stereocenters. The molecule has 0 saturated heterocycles. The average Bonchev–Trinajstić information content (AvgIpc) is 3.34. The molecular formula is C22H20N8O3. The zero-order valence-corrected chi connectivity index (χ0v) is 18.2. The number of hydrogen-bond donors (Lipinski definition) is 1. The number of allylic oxidation sites excluding steroid dienone is 1. The number of hydrazone groups is 1. The Balaban J connectivity index is 1.66. The molecule has 0 unspecified atom stereocenters. The molecule has 0 radical (unpaired) electrons. The van der Waals surface area contributed by atoms with Gasteiger partial charge in [0.05, 0.1) is 10.5 Å². The third-order valence-corrected chi connectivity index (χ3v) is 5.00. The fourth-order valence-corrected chi connectivity index (χ4v) is 3.58. The van der Waals surface area contributed by atoms with E-state index in [0.29, 0.717) is 17.1 Å². The number of anilines is 2. The van der Waals surface area contributed by atoms with E-state index in [1.54, 1.807) is 29.3 Å². The predicted molar refractivity (Wildman–Crippen MR) is 123 cm³/mol. The minimum Gasteiger partial charge on any atom is -0.457 e. The number of nitro groups is 1. The summed E-state index contributed by atoms with van der Waals surface area (Å²) in [4.78, 5) is 23.1. The zero-order chi connectivity index (χ0) is 23.8. The monoisotopic (exact) mass is 444 g/mol. The van der Waals surface area contributed by atoms with Crippen molar-refractivity contribution in [2.75, 3.05) is 10.7 Å². The lowest BCUT2D eigenvalue weighted by atomic mass is 9.99. The number of nitriles is 1. The Kier molecular flexibility index (Phi) is 5.35. The SMILES string of the molecule is CC1=NN(c2nc(N)nc(/C(C#N)=C\c3ccc(-c4ccc([N+](=O)[O-])cc4)o3)n2)C(C)(C)C1. The summed E-state index contributed by atoms with van der Waals surface area (Å²) < 4.78 is 5.80. The Hall–Kier alpha value is -4.59. The van der Waals surface area contributed by atoms with E-state index in [-0.39, 0.29) is 34.5 Å². The summed E-state index contributed by atoms with van der Waals surface area (Å²) in [6.45, 7) is 5.94. The second-order valence-electron chi connectivity index (χ2n) is 8.13. The van der Waals surface area contributed by atoms with E-state index in [0.717, 1.165) is 12.1 Å². The van der Waals surface area contributed by atoms with Crippen molar-refractivity contribution in [1.29, 1.82) is 5.26 Å². The number of rotatable bonds is 5. The first-order valence-corrected chi connectivity index (χ1v) is 9.99. The Morgan fingerprint density at radius 3 is 2.58 bits per heavy atom. The van der Waals surface area contributed by atoms with Crippen LogP contribution in [-0.2, 0) is 0 Å². The van der Waals surface area contributed by atoms with Gasteiger partial charge >= 0.3 is 0 Å². The molecule has 166 valence electrons. The molecule has 1 aliphatic heterocycles. The summed E-state index contributed by atoms with van der Waals surface area (Å²) >= 11 is 0. The van der Waals surface area contributed by atoms with Crippen LogP contribution in [0, 0.1) is 21.4 Å². The maximum Gasteiger partial charge on any atom is 0.269 e. The van der Waals surface area contributed by atoms with Gasteiger partial charge in [0.15, 0.2) is 5.82 Å². The lowest BCUT2D eigenvalue weighted by molar-refractivity contribution is -0.384. The van der Waals surface area contributed by atoms with Crippen LogP contribution in [0.5, 0.6) is 0 Å². The van der Waals surface area contributed by atoms with Gasteiger partial charge in [0, 0.05) is 35.9 Å². The summed E-state index contributed by atoms with van der Waals surface area (Å²) in [6, 6.07) is 11.4. The summed E-state index contributed by atoms with van der Waals surface area (Å²) in [5.41, 5.74) is 7.28. The van der Waals surface area contributed by atoms with Crippen LogP contribution in [0.25, 0.3) is 23.0 Å². The molecule has 0 amide bonds. The third-order valence-electron chi connectivity index (χ3n) is 5.00. The quantitative estimate of drug-likeness (QED) is 0.347. The number of nitrogen functional groups attached to an aromatic ring is 1. The molecule has 11 heteroatoms.